The summed E-state index contributed by atoms with van der Waals surface area (Å²) in [6.07, 6.45) is 1.26. The lowest BCUT2D eigenvalue weighted by atomic mass is 9.85. The number of fused-ring (bicyclic) bond motifs is 1. The second-order valence-corrected chi connectivity index (χ2v) is 7.75. The first-order valence-electron chi connectivity index (χ1n) is 8.07. The second-order valence-electron chi connectivity index (χ2n) is 6.71. The number of hydrogen-bond acceptors (Lipinski definition) is 5. The summed E-state index contributed by atoms with van der Waals surface area (Å²) in [6.45, 7) is 9.51. The van der Waals surface area contributed by atoms with Crippen LogP contribution in [0.1, 0.15) is 40.6 Å². The third kappa shape index (κ3) is 2.69. The minimum atomic E-state index is -0.883. The molecule has 0 saturated carbocycles. The molecule has 0 radical (unpaired) electrons. The lowest BCUT2D eigenvalue weighted by Crippen LogP contribution is -2.52. The third-order valence-electron chi connectivity index (χ3n) is 5.00. The van der Waals surface area contributed by atoms with Gasteiger partial charge in [-0.15, -0.1) is 5.75 Å². The first kappa shape index (κ1) is 16.9. The predicted molar refractivity (Wildman–Crippen MR) is 89.5 cm³/mol. The summed E-state index contributed by atoms with van der Waals surface area (Å²) >= 11 is 1.51. The fourth-order valence-corrected chi connectivity index (χ4v) is 3.73. The number of Topliss-reactive ketones (excluding diaryl/α,β-unsaturated/α-hetero) is 1. The summed E-state index contributed by atoms with van der Waals surface area (Å²) < 4.78 is 7.84. The fourth-order valence-electron chi connectivity index (χ4n) is 3.18. The smallest absolute Gasteiger partial charge is 0.253 e. The monoisotopic (exact) mass is 346 g/mol. The first-order chi connectivity index (χ1) is 11.2. The maximum absolute atomic E-state index is 12.8. The number of benzene rings is 1. The van der Waals surface area contributed by atoms with Crippen LogP contribution in [0, 0.1) is 27.7 Å². The van der Waals surface area contributed by atoms with Crippen LogP contribution in [0.3, 0.4) is 0 Å². The van der Waals surface area contributed by atoms with Gasteiger partial charge in [-0.05, 0) is 58.6 Å². The summed E-state index contributed by atoms with van der Waals surface area (Å²) in [5.41, 5.74) is 4.20. The quantitative estimate of drug-likeness (QED) is 0.798. The maximum atomic E-state index is 12.8. The Labute approximate surface area is 145 Å². The Balaban J connectivity index is 1.92. The predicted octanol–water partition coefficient (Wildman–Crippen LogP) is 2.09. The first-order valence-corrected chi connectivity index (χ1v) is 8.94. The molecule has 5 nitrogen and oxygen atoms in total. The van der Waals surface area contributed by atoms with Crippen LogP contribution in [-0.2, 0) is 17.8 Å². The summed E-state index contributed by atoms with van der Waals surface area (Å²) in [4.78, 5) is 12.8. The van der Waals surface area contributed by atoms with Gasteiger partial charge < -0.3 is 9.84 Å². The van der Waals surface area contributed by atoms with Gasteiger partial charge in [0, 0.05) is 5.10 Å². The van der Waals surface area contributed by atoms with Crippen LogP contribution >= 0.6 is 11.3 Å². The Kier molecular flexibility index (Phi) is 4.11. The largest absolute Gasteiger partial charge is 0.872 e. The number of ketones is 1. The molecular formula is C18H22N2O3S. The maximum Gasteiger partial charge on any atom is 0.253 e. The zero-order chi connectivity index (χ0) is 17.6. The van der Waals surface area contributed by atoms with E-state index in [4.69, 9.17) is 4.74 Å². The molecule has 128 valence electrons. The molecule has 0 saturated heterocycles. The van der Waals surface area contributed by atoms with Crippen LogP contribution < -0.4 is 14.5 Å². The standard InChI is InChI=1S/C18H22N2O3S/c1-10-11(2)17-14(12(3)16(10)22)6-7-18(5,23-17)15(21)8-20-9-24-13(4)19-20/h9H,6-8H2,1-5H3. The van der Waals surface area contributed by atoms with Crippen LogP contribution in [0.5, 0.6) is 11.5 Å². The van der Waals surface area contributed by atoms with E-state index in [9.17, 15) is 9.90 Å². The molecule has 3 rings (SSSR count). The Morgan fingerprint density at radius 1 is 1.33 bits per heavy atom. The second kappa shape index (κ2) is 5.84. The molecule has 1 aliphatic heterocycles. The Morgan fingerprint density at radius 3 is 2.67 bits per heavy atom. The molecule has 1 atom stereocenters. The van der Waals surface area contributed by atoms with Gasteiger partial charge in [-0.1, -0.05) is 27.1 Å². The van der Waals surface area contributed by atoms with E-state index < -0.39 is 5.60 Å². The number of ether oxygens (including phenoxy) is 1. The highest BCUT2D eigenvalue weighted by molar-refractivity contribution is 7.08. The Bertz CT molecular complexity index is 828. The van der Waals surface area contributed by atoms with Crippen LogP contribution in [0.25, 0.3) is 0 Å². The van der Waals surface area contributed by atoms with E-state index in [-0.39, 0.29) is 18.1 Å². The van der Waals surface area contributed by atoms with Gasteiger partial charge >= 0.3 is 0 Å². The van der Waals surface area contributed by atoms with E-state index in [1.54, 1.807) is 4.68 Å². The summed E-state index contributed by atoms with van der Waals surface area (Å²) in [7, 11) is 0. The molecule has 2 aromatic rings. The van der Waals surface area contributed by atoms with Crippen molar-refractivity contribution in [1.82, 2.24) is 5.10 Å². The van der Waals surface area contributed by atoms with Crippen molar-refractivity contribution in [2.75, 3.05) is 0 Å². The molecule has 0 aliphatic carbocycles. The minimum Gasteiger partial charge on any atom is -0.872 e. The summed E-state index contributed by atoms with van der Waals surface area (Å²) in [5, 5.41) is 17.5. The number of nitrogens with zero attached hydrogens (tertiary/aromatic N) is 2. The van der Waals surface area contributed by atoms with Crippen molar-refractivity contribution in [3.63, 3.8) is 0 Å². The summed E-state index contributed by atoms with van der Waals surface area (Å²) in [6, 6.07) is 0. The van der Waals surface area contributed by atoms with Crippen LogP contribution in [-0.4, -0.2) is 16.5 Å². The van der Waals surface area contributed by atoms with Crippen molar-refractivity contribution in [3.8, 4) is 11.5 Å². The number of rotatable bonds is 3. The molecule has 1 aliphatic rings. The van der Waals surface area contributed by atoms with Gasteiger partial charge in [-0.2, -0.15) is 0 Å². The van der Waals surface area contributed by atoms with Gasteiger partial charge in [0.2, 0.25) is 12.3 Å². The van der Waals surface area contributed by atoms with E-state index in [2.05, 4.69) is 5.10 Å². The van der Waals surface area contributed by atoms with Crippen molar-refractivity contribution in [2.24, 2.45) is 0 Å². The Morgan fingerprint density at radius 2 is 2.04 bits per heavy atom. The lowest BCUT2D eigenvalue weighted by Gasteiger charge is -2.37. The highest BCUT2D eigenvalue weighted by Gasteiger charge is 2.42. The van der Waals surface area contributed by atoms with Gasteiger partial charge in [0.25, 0.3) is 5.51 Å². The van der Waals surface area contributed by atoms with E-state index >= 15 is 0 Å². The molecule has 1 aromatic heterocycles. The highest BCUT2D eigenvalue weighted by Crippen LogP contribution is 2.42. The van der Waals surface area contributed by atoms with Crippen LogP contribution in [0.2, 0.25) is 0 Å². The lowest BCUT2D eigenvalue weighted by molar-refractivity contribution is -0.737. The van der Waals surface area contributed by atoms with Crippen molar-refractivity contribution in [1.29, 1.82) is 0 Å². The molecule has 6 heteroatoms. The fraction of sp³-hybridized carbons (Fsp3) is 0.500. The molecule has 1 aromatic carbocycles. The van der Waals surface area contributed by atoms with E-state index in [1.807, 2.05) is 40.1 Å². The topological polar surface area (TPSA) is 66.1 Å². The van der Waals surface area contributed by atoms with Gasteiger partial charge in [0.1, 0.15) is 5.75 Å². The molecule has 0 spiro atoms. The number of carbonyl (C=O) groups excluding carboxylic acids is 1. The highest BCUT2D eigenvalue weighted by atomic mass is 32.1. The average molecular weight is 346 g/mol. The average Bonchev–Trinajstić information content (AvgIpc) is 2.95. The zero-order valence-corrected chi connectivity index (χ0v) is 15.5. The number of aromatic nitrogens is 2. The molecule has 0 fully saturated rings. The SMILES string of the molecule is Cc1n[n+](CC(=O)C2(C)CCc3c(C)c([O-])c(C)c(C)c3O2)cs1. The Hall–Kier alpha value is -1.95. The van der Waals surface area contributed by atoms with E-state index in [0.29, 0.717) is 24.2 Å². The van der Waals surface area contributed by atoms with Gasteiger partial charge in [-0.3, -0.25) is 4.79 Å². The molecular weight excluding hydrogens is 324 g/mol. The van der Waals surface area contributed by atoms with Crippen LogP contribution in [0.15, 0.2) is 5.51 Å². The molecule has 24 heavy (non-hydrogen) atoms. The van der Waals surface area contributed by atoms with E-state index in [1.165, 1.54) is 11.3 Å². The van der Waals surface area contributed by atoms with E-state index in [0.717, 1.165) is 21.7 Å². The van der Waals surface area contributed by atoms with Crippen LogP contribution in [0.4, 0.5) is 0 Å². The van der Waals surface area contributed by atoms with Gasteiger partial charge in [0.05, 0.1) is 0 Å². The molecule has 0 amide bonds. The zero-order valence-electron chi connectivity index (χ0n) is 14.7. The van der Waals surface area contributed by atoms with Gasteiger partial charge in [0.15, 0.2) is 10.6 Å². The van der Waals surface area contributed by atoms with Gasteiger partial charge in [-0.25, -0.2) is 0 Å². The number of hydrogen-bond donors (Lipinski definition) is 0. The number of carbonyl (C=O) groups is 1. The third-order valence-corrected chi connectivity index (χ3v) is 5.77. The summed E-state index contributed by atoms with van der Waals surface area (Å²) in [5.74, 6) is 0.800. The minimum absolute atomic E-state index is 0.00403. The molecule has 0 bridgehead atoms. The van der Waals surface area contributed by atoms with Crippen molar-refractivity contribution < 1.29 is 19.3 Å². The molecule has 1 unspecified atom stereocenters. The van der Waals surface area contributed by atoms with Crippen molar-refractivity contribution in [2.45, 2.75) is 59.6 Å². The normalized spacial score (nSPS) is 19.7. The number of aryl methyl sites for hydroxylation is 1. The molecule has 0 N–H and O–H groups in total. The van der Waals surface area contributed by atoms with Crippen molar-refractivity contribution in [3.05, 3.63) is 32.8 Å². The van der Waals surface area contributed by atoms with Crippen molar-refractivity contribution >= 4 is 17.1 Å². The molecule has 2 heterocycles.